The second kappa shape index (κ2) is 4.93. The number of benzene rings is 1. The van der Waals surface area contributed by atoms with Crippen LogP contribution in [0.15, 0.2) is 16.6 Å². The quantitative estimate of drug-likeness (QED) is 0.823. The molecular weight excluding hydrogens is 306 g/mol. The summed E-state index contributed by atoms with van der Waals surface area (Å²) in [6.07, 6.45) is 1.57. The maximum Gasteiger partial charge on any atom is 0.244 e. The summed E-state index contributed by atoms with van der Waals surface area (Å²) in [4.78, 5) is 12.0. The first kappa shape index (κ1) is 13.4. The van der Waals surface area contributed by atoms with E-state index < -0.39 is 17.2 Å². The number of amides is 1. The van der Waals surface area contributed by atoms with E-state index in [1.165, 1.54) is 0 Å². The van der Waals surface area contributed by atoms with Crippen molar-refractivity contribution in [1.82, 2.24) is 5.32 Å². The van der Waals surface area contributed by atoms with E-state index in [-0.39, 0.29) is 16.1 Å². The van der Waals surface area contributed by atoms with Gasteiger partial charge in [0.25, 0.3) is 0 Å². The van der Waals surface area contributed by atoms with E-state index in [4.69, 9.17) is 0 Å². The molecule has 1 saturated heterocycles. The summed E-state index contributed by atoms with van der Waals surface area (Å²) in [5.74, 6) is -1.63. The van der Waals surface area contributed by atoms with Crippen molar-refractivity contribution in [2.24, 2.45) is 0 Å². The minimum Gasteiger partial charge on any atom is -0.322 e. The zero-order chi connectivity index (χ0) is 13.3. The van der Waals surface area contributed by atoms with Crippen molar-refractivity contribution in [3.05, 3.63) is 28.2 Å². The Morgan fingerprint density at radius 2 is 2.17 bits per heavy atom. The Morgan fingerprint density at radius 3 is 2.78 bits per heavy atom. The topological polar surface area (TPSA) is 41.1 Å². The Morgan fingerprint density at radius 1 is 1.44 bits per heavy atom. The van der Waals surface area contributed by atoms with Crippen LogP contribution in [0.25, 0.3) is 0 Å². The van der Waals surface area contributed by atoms with Gasteiger partial charge in [-0.3, -0.25) is 4.79 Å². The molecule has 1 heterocycles. The number of carbonyl (C=O) groups is 1. The normalized spacial score (nSPS) is 23.1. The van der Waals surface area contributed by atoms with Crippen LogP contribution < -0.4 is 10.6 Å². The summed E-state index contributed by atoms with van der Waals surface area (Å²) in [5.41, 5.74) is -0.855. The highest BCUT2D eigenvalue weighted by molar-refractivity contribution is 9.10. The van der Waals surface area contributed by atoms with E-state index in [9.17, 15) is 13.6 Å². The lowest BCUT2D eigenvalue weighted by molar-refractivity contribution is -0.121. The number of anilines is 1. The molecule has 1 aliphatic rings. The number of halogens is 3. The van der Waals surface area contributed by atoms with Gasteiger partial charge in [0.05, 0.1) is 15.7 Å². The van der Waals surface area contributed by atoms with Crippen molar-refractivity contribution in [2.75, 3.05) is 11.9 Å². The third-order valence-corrected chi connectivity index (χ3v) is 3.74. The van der Waals surface area contributed by atoms with Gasteiger partial charge in [0.1, 0.15) is 11.6 Å². The second-order valence-corrected chi connectivity index (χ2v) is 5.42. The lowest BCUT2D eigenvalue weighted by atomic mass is 9.99. The van der Waals surface area contributed by atoms with E-state index in [1.54, 1.807) is 6.92 Å². The molecule has 0 aliphatic carbocycles. The number of hydrogen-bond acceptors (Lipinski definition) is 2. The van der Waals surface area contributed by atoms with E-state index in [2.05, 4.69) is 26.6 Å². The molecule has 1 aromatic carbocycles. The van der Waals surface area contributed by atoms with E-state index in [1.807, 2.05) is 0 Å². The Bertz CT molecular complexity index is 487. The molecule has 2 rings (SSSR count). The lowest BCUT2D eigenvalue weighted by Gasteiger charge is -2.23. The van der Waals surface area contributed by atoms with E-state index >= 15 is 0 Å². The maximum atomic E-state index is 13.6. The first-order valence-electron chi connectivity index (χ1n) is 5.63. The number of carbonyl (C=O) groups excluding carboxylic acids is 1. The molecule has 0 spiro atoms. The molecule has 3 nitrogen and oxygen atoms in total. The second-order valence-electron chi connectivity index (χ2n) is 4.56. The van der Waals surface area contributed by atoms with Gasteiger partial charge in [-0.25, -0.2) is 8.78 Å². The molecule has 1 amide bonds. The van der Waals surface area contributed by atoms with Crippen LogP contribution in [-0.4, -0.2) is 18.0 Å². The fourth-order valence-electron chi connectivity index (χ4n) is 1.97. The van der Waals surface area contributed by atoms with Gasteiger partial charge in [-0.15, -0.1) is 0 Å². The van der Waals surface area contributed by atoms with Crippen molar-refractivity contribution in [2.45, 2.75) is 25.3 Å². The monoisotopic (exact) mass is 318 g/mol. The van der Waals surface area contributed by atoms with E-state index in [0.717, 1.165) is 25.1 Å². The fraction of sp³-hybridized carbons (Fsp3) is 0.417. The summed E-state index contributed by atoms with van der Waals surface area (Å²) < 4.78 is 26.9. The minimum absolute atomic E-state index is 0.0307. The molecule has 1 unspecified atom stereocenters. The molecule has 2 N–H and O–H groups in total. The summed E-state index contributed by atoms with van der Waals surface area (Å²) in [6, 6.07) is 1.96. The molecule has 0 radical (unpaired) electrons. The van der Waals surface area contributed by atoms with Crippen LogP contribution in [0, 0.1) is 11.6 Å². The molecule has 1 atom stereocenters. The van der Waals surface area contributed by atoms with E-state index in [0.29, 0.717) is 6.42 Å². The number of nitrogens with one attached hydrogen (secondary N) is 2. The first-order valence-corrected chi connectivity index (χ1v) is 6.43. The average molecular weight is 319 g/mol. The highest BCUT2D eigenvalue weighted by atomic mass is 79.9. The Hall–Kier alpha value is -1.01. The van der Waals surface area contributed by atoms with Crippen molar-refractivity contribution >= 4 is 27.5 Å². The van der Waals surface area contributed by atoms with Gasteiger partial charge in [-0.2, -0.15) is 0 Å². The van der Waals surface area contributed by atoms with Crippen molar-refractivity contribution in [1.29, 1.82) is 0 Å². The highest BCUT2D eigenvalue weighted by Gasteiger charge is 2.36. The van der Waals surface area contributed by atoms with Crippen molar-refractivity contribution in [3.8, 4) is 0 Å². The van der Waals surface area contributed by atoms with Crippen LogP contribution in [0.2, 0.25) is 0 Å². The third kappa shape index (κ3) is 2.54. The van der Waals surface area contributed by atoms with Gasteiger partial charge < -0.3 is 10.6 Å². The summed E-state index contributed by atoms with van der Waals surface area (Å²) in [5, 5.41) is 5.48. The van der Waals surface area contributed by atoms with Gasteiger partial charge in [0, 0.05) is 6.07 Å². The molecule has 18 heavy (non-hydrogen) atoms. The van der Waals surface area contributed by atoms with Crippen LogP contribution in [0.3, 0.4) is 0 Å². The SMILES string of the molecule is CC1(C(=O)Nc2cc(F)c(Br)cc2F)CCCN1. The lowest BCUT2D eigenvalue weighted by Crippen LogP contribution is -2.48. The van der Waals surface area contributed by atoms with Crippen molar-refractivity contribution < 1.29 is 13.6 Å². The molecule has 0 aromatic heterocycles. The Labute approximate surface area is 112 Å². The molecule has 98 valence electrons. The van der Waals surface area contributed by atoms with Crippen LogP contribution in [0.4, 0.5) is 14.5 Å². The number of rotatable bonds is 2. The molecular formula is C12H13BrF2N2O. The molecule has 0 saturated carbocycles. The highest BCUT2D eigenvalue weighted by Crippen LogP contribution is 2.25. The van der Waals surface area contributed by atoms with Gasteiger partial charge in [-0.1, -0.05) is 0 Å². The minimum atomic E-state index is -0.712. The van der Waals surface area contributed by atoms with Gasteiger partial charge in [0.15, 0.2) is 0 Å². The molecule has 1 fully saturated rings. The van der Waals surface area contributed by atoms with Crippen LogP contribution in [0.1, 0.15) is 19.8 Å². The zero-order valence-corrected chi connectivity index (χ0v) is 11.4. The Kier molecular flexibility index (Phi) is 3.68. The summed E-state index contributed by atoms with van der Waals surface area (Å²) in [7, 11) is 0. The standard InChI is InChI=1S/C12H13BrF2N2O/c1-12(3-2-4-16-12)11(18)17-10-6-8(14)7(13)5-9(10)15/h5-6,16H,2-4H2,1H3,(H,17,18). The largest absolute Gasteiger partial charge is 0.322 e. The van der Waals surface area contributed by atoms with Gasteiger partial charge in [-0.05, 0) is 48.3 Å². The number of hydrogen-bond donors (Lipinski definition) is 2. The Balaban J connectivity index is 2.19. The average Bonchev–Trinajstić information content (AvgIpc) is 2.74. The van der Waals surface area contributed by atoms with Gasteiger partial charge in [0.2, 0.25) is 5.91 Å². The van der Waals surface area contributed by atoms with Crippen molar-refractivity contribution in [3.63, 3.8) is 0 Å². The van der Waals surface area contributed by atoms with Crippen LogP contribution >= 0.6 is 15.9 Å². The first-order chi connectivity index (χ1) is 8.42. The molecule has 1 aliphatic heterocycles. The smallest absolute Gasteiger partial charge is 0.244 e. The predicted octanol–water partition coefficient (Wildman–Crippen LogP) is 2.81. The fourth-order valence-corrected chi connectivity index (χ4v) is 2.28. The maximum absolute atomic E-state index is 13.6. The molecule has 6 heteroatoms. The zero-order valence-electron chi connectivity index (χ0n) is 9.82. The molecule has 1 aromatic rings. The van der Waals surface area contributed by atoms with Crippen LogP contribution in [-0.2, 0) is 4.79 Å². The molecule has 0 bridgehead atoms. The predicted molar refractivity (Wildman–Crippen MR) is 68.3 cm³/mol. The summed E-state index contributed by atoms with van der Waals surface area (Å²) in [6.45, 7) is 2.50. The third-order valence-electron chi connectivity index (χ3n) is 3.13. The van der Waals surface area contributed by atoms with Crippen LogP contribution in [0.5, 0.6) is 0 Å². The van der Waals surface area contributed by atoms with Gasteiger partial charge >= 0.3 is 0 Å². The summed E-state index contributed by atoms with van der Waals surface area (Å²) >= 11 is 2.88.